The van der Waals surface area contributed by atoms with Gasteiger partial charge < -0.3 is 4.90 Å². The number of allylic oxidation sites excluding steroid dienone is 4. The minimum absolute atomic E-state index is 0.140. The van der Waals surface area contributed by atoms with Gasteiger partial charge in [-0.1, -0.05) is 46.4 Å². The number of hydrogen-bond acceptors (Lipinski definition) is 2. The average molecular weight is 472 g/mol. The van der Waals surface area contributed by atoms with Gasteiger partial charge in [0.15, 0.2) is 10.7 Å². The quantitative estimate of drug-likeness (QED) is 0.556. The summed E-state index contributed by atoms with van der Waals surface area (Å²) >= 11 is 44.7. The first-order valence-electron chi connectivity index (χ1n) is 7.00. The molecular weight excluding hydrogens is 462 g/mol. The zero-order chi connectivity index (χ0) is 18.5. The zero-order valence-corrected chi connectivity index (χ0v) is 17.6. The minimum Gasteiger partial charge on any atom is -0.342 e. The van der Waals surface area contributed by atoms with Gasteiger partial charge in [-0.15, -0.1) is 34.8 Å². The first-order valence-corrected chi connectivity index (χ1v) is 9.65. The van der Waals surface area contributed by atoms with Crippen LogP contribution in [0.25, 0.3) is 0 Å². The van der Waals surface area contributed by atoms with Crippen LogP contribution in [0, 0.1) is 5.41 Å². The van der Waals surface area contributed by atoms with Crippen LogP contribution >= 0.6 is 81.2 Å². The van der Waals surface area contributed by atoms with Gasteiger partial charge in [0.05, 0.1) is 15.1 Å². The summed E-state index contributed by atoms with van der Waals surface area (Å²) in [5, 5.41) is -0.865. The van der Waals surface area contributed by atoms with E-state index in [0.717, 1.165) is 0 Å². The molecule has 1 unspecified atom stereocenters. The predicted molar refractivity (Wildman–Crippen MR) is 98.6 cm³/mol. The Balaban J connectivity index is 2.31. The molecule has 3 nitrogen and oxygen atoms in total. The standard InChI is InChI=1S/C14H10Cl7NO2/c1-3-22(4-2)10(24)14(21)12-9(23)5(15)6(16)11(12,19)7(17)8(18)13(12,14)20/h3-4H2,1-2H3/t11-,12?,13-,14+/m0/s1. The zero-order valence-electron chi connectivity index (χ0n) is 12.3. The van der Waals surface area contributed by atoms with Gasteiger partial charge in [-0.25, -0.2) is 0 Å². The number of rotatable bonds is 3. The fraction of sp³-hybridized carbons (Fsp3) is 0.571. The van der Waals surface area contributed by atoms with Crippen LogP contribution in [0.2, 0.25) is 0 Å². The molecule has 1 fully saturated rings. The third-order valence-corrected chi connectivity index (χ3v) is 9.64. The van der Waals surface area contributed by atoms with Crippen LogP contribution in [-0.4, -0.2) is 44.3 Å². The van der Waals surface area contributed by atoms with Gasteiger partial charge in [0.25, 0.3) is 0 Å². The smallest absolute Gasteiger partial charge is 0.247 e. The van der Waals surface area contributed by atoms with Gasteiger partial charge in [-0.2, -0.15) is 0 Å². The summed E-state index contributed by atoms with van der Waals surface area (Å²) in [7, 11) is 0. The van der Waals surface area contributed by atoms with Gasteiger partial charge in [-0.3, -0.25) is 9.59 Å². The number of alkyl halides is 3. The molecule has 132 valence electrons. The molecule has 0 heterocycles. The summed E-state index contributed by atoms with van der Waals surface area (Å²) in [5.74, 6) is -1.30. The number of amides is 1. The molecule has 0 aromatic rings. The number of halogens is 7. The van der Waals surface area contributed by atoms with Crippen LogP contribution in [0.4, 0.5) is 0 Å². The number of carbonyl (C=O) groups excluding carboxylic acids is 2. The average Bonchev–Trinajstić information content (AvgIpc) is 2.92. The molecule has 0 bridgehead atoms. The van der Waals surface area contributed by atoms with Gasteiger partial charge >= 0.3 is 0 Å². The largest absolute Gasteiger partial charge is 0.342 e. The maximum Gasteiger partial charge on any atom is 0.247 e. The number of carbonyl (C=O) groups is 2. The lowest BCUT2D eigenvalue weighted by atomic mass is 9.88. The Bertz CT molecular complexity index is 760. The summed E-state index contributed by atoms with van der Waals surface area (Å²) in [6.07, 6.45) is 0. The highest BCUT2D eigenvalue weighted by molar-refractivity contribution is 6.69. The van der Waals surface area contributed by atoms with Crippen molar-refractivity contribution in [3.63, 3.8) is 0 Å². The molecule has 10 heteroatoms. The Labute approximate surface area is 173 Å². The van der Waals surface area contributed by atoms with E-state index in [2.05, 4.69) is 0 Å². The normalized spacial score (nSPS) is 43.3. The maximum absolute atomic E-state index is 13.1. The highest BCUT2D eigenvalue weighted by Crippen LogP contribution is 2.91. The summed E-state index contributed by atoms with van der Waals surface area (Å²) in [5.41, 5.74) is -1.86. The van der Waals surface area contributed by atoms with E-state index in [4.69, 9.17) is 81.2 Å². The van der Waals surface area contributed by atoms with Gasteiger partial charge in [0, 0.05) is 13.1 Å². The van der Waals surface area contributed by atoms with E-state index in [-0.39, 0.29) is 20.1 Å². The van der Waals surface area contributed by atoms with Crippen molar-refractivity contribution in [2.24, 2.45) is 5.41 Å². The monoisotopic (exact) mass is 469 g/mol. The lowest BCUT2D eigenvalue weighted by Gasteiger charge is -2.31. The first-order chi connectivity index (χ1) is 11.0. The molecule has 3 rings (SSSR count). The predicted octanol–water partition coefficient (Wildman–Crippen LogP) is 4.76. The van der Waals surface area contributed by atoms with Crippen molar-refractivity contribution in [1.82, 2.24) is 4.90 Å². The van der Waals surface area contributed by atoms with Crippen molar-refractivity contribution in [3.8, 4) is 0 Å². The van der Waals surface area contributed by atoms with E-state index in [0.29, 0.717) is 13.1 Å². The van der Waals surface area contributed by atoms with Crippen LogP contribution in [0.3, 0.4) is 0 Å². The molecule has 0 radical (unpaired) electrons. The van der Waals surface area contributed by atoms with Crippen LogP contribution in [0.1, 0.15) is 13.8 Å². The Hall–Kier alpha value is 0.650. The fourth-order valence-corrected chi connectivity index (χ4v) is 7.60. The number of ketones is 1. The van der Waals surface area contributed by atoms with Crippen molar-refractivity contribution >= 4 is 92.9 Å². The molecule has 4 atom stereocenters. The lowest BCUT2D eigenvalue weighted by Crippen LogP contribution is -2.48. The number of hydrogen-bond donors (Lipinski definition) is 0. The molecule has 0 saturated heterocycles. The van der Waals surface area contributed by atoms with E-state index in [1.54, 1.807) is 13.8 Å². The van der Waals surface area contributed by atoms with Crippen LogP contribution in [0.15, 0.2) is 20.1 Å². The van der Waals surface area contributed by atoms with Gasteiger partial charge in [0.1, 0.15) is 20.2 Å². The Morgan fingerprint density at radius 2 is 1.46 bits per heavy atom. The molecule has 0 aromatic carbocycles. The van der Waals surface area contributed by atoms with Crippen LogP contribution in [0.5, 0.6) is 0 Å². The Morgan fingerprint density at radius 3 is 1.92 bits per heavy atom. The van der Waals surface area contributed by atoms with E-state index >= 15 is 0 Å². The molecular formula is C14H10Cl7NO2. The van der Waals surface area contributed by atoms with E-state index in [1.807, 2.05) is 0 Å². The molecule has 0 aromatic heterocycles. The lowest BCUT2D eigenvalue weighted by molar-refractivity contribution is -0.134. The summed E-state index contributed by atoms with van der Waals surface area (Å²) in [6.45, 7) is 4.26. The molecule has 24 heavy (non-hydrogen) atoms. The number of Topliss-reactive ketones (excluding diaryl/α,β-unsaturated/α-hetero) is 1. The van der Waals surface area contributed by atoms with E-state index in [1.165, 1.54) is 4.90 Å². The van der Waals surface area contributed by atoms with E-state index in [9.17, 15) is 9.59 Å². The molecule has 1 saturated carbocycles. The third-order valence-electron chi connectivity index (χ3n) is 5.14. The summed E-state index contributed by atoms with van der Waals surface area (Å²) in [6, 6.07) is 0. The second kappa shape index (κ2) is 5.34. The molecule has 0 aliphatic heterocycles. The highest BCUT2D eigenvalue weighted by atomic mass is 35.5. The summed E-state index contributed by atoms with van der Waals surface area (Å²) < 4.78 is 0. The SMILES string of the molecule is CCN(CC)C(=O)[C@@]1(Cl)C23C(=O)C(Cl)=C(Cl)[C@]2(Cl)C(Cl)=C(Cl)[C@]31Cl. The molecule has 3 aliphatic rings. The minimum atomic E-state index is -1.93. The van der Waals surface area contributed by atoms with Crippen molar-refractivity contribution in [1.29, 1.82) is 0 Å². The molecule has 3 aliphatic carbocycles. The molecule has 1 spiro atoms. The third kappa shape index (κ3) is 1.48. The van der Waals surface area contributed by atoms with Gasteiger partial charge in [0.2, 0.25) is 5.91 Å². The first kappa shape index (κ1) is 19.4. The summed E-state index contributed by atoms with van der Waals surface area (Å²) in [4.78, 5) is 21.8. The second-order valence-corrected chi connectivity index (χ2v) is 9.00. The molecule has 0 N–H and O–H groups in total. The van der Waals surface area contributed by atoms with Gasteiger partial charge in [-0.05, 0) is 13.8 Å². The fourth-order valence-electron chi connectivity index (χ4n) is 3.93. The second-order valence-electron chi connectivity index (χ2n) is 5.79. The topological polar surface area (TPSA) is 37.4 Å². The maximum atomic E-state index is 13.1. The van der Waals surface area contributed by atoms with E-state index < -0.39 is 31.7 Å². The van der Waals surface area contributed by atoms with Crippen molar-refractivity contribution in [3.05, 3.63) is 20.1 Å². The van der Waals surface area contributed by atoms with Crippen molar-refractivity contribution < 1.29 is 9.59 Å². The van der Waals surface area contributed by atoms with Crippen molar-refractivity contribution in [2.75, 3.05) is 13.1 Å². The highest BCUT2D eigenvalue weighted by Gasteiger charge is 3.05. The number of nitrogens with zero attached hydrogens (tertiary/aromatic N) is 1. The van der Waals surface area contributed by atoms with Crippen molar-refractivity contribution in [2.45, 2.75) is 28.5 Å². The van der Waals surface area contributed by atoms with Crippen LogP contribution in [-0.2, 0) is 9.59 Å². The Morgan fingerprint density at radius 1 is 0.958 bits per heavy atom. The Kier molecular flexibility index (Phi) is 4.32. The molecule has 1 amide bonds. The van der Waals surface area contributed by atoms with Crippen LogP contribution < -0.4 is 0 Å².